The molecule has 1 aromatic heterocycles. The molecule has 2 N–H and O–H groups in total. The number of carbonyl (C=O) groups is 1. The van der Waals surface area contributed by atoms with Crippen molar-refractivity contribution in [3.05, 3.63) is 59.9 Å². The average Bonchev–Trinajstić information content (AvgIpc) is 2.92. The summed E-state index contributed by atoms with van der Waals surface area (Å²) in [5.74, 6) is 1.45. The minimum absolute atomic E-state index is 0.0328. The van der Waals surface area contributed by atoms with Gasteiger partial charge in [-0.05, 0) is 12.1 Å². The molecule has 0 radical (unpaired) electrons. The lowest BCUT2D eigenvalue weighted by Gasteiger charge is -2.07. The van der Waals surface area contributed by atoms with E-state index in [-0.39, 0.29) is 18.9 Å². The quantitative estimate of drug-likeness (QED) is 0.734. The second kappa shape index (κ2) is 5.99. The third-order valence-corrected chi connectivity index (χ3v) is 3.61. The first-order chi connectivity index (χ1) is 10.7. The van der Waals surface area contributed by atoms with Crippen molar-refractivity contribution in [3.8, 4) is 5.75 Å². The number of hydrogen-bond donors (Lipinski definition) is 1. The number of ether oxygens (including phenoxy) is 1. The molecule has 5 nitrogen and oxygen atoms in total. The molecule has 3 rings (SSSR count). The fourth-order valence-corrected chi connectivity index (χ4v) is 2.48. The molecular weight excluding hydrogens is 278 g/mol. The molecule has 0 saturated carbocycles. The van der Waals surface area contributed by atoms with E-state index in [2.05, 4.69) is 4.98 Å². The Kier molecular flexibility index (Phi) is 3.89. The van der Waals surface area contributed by atoms with Crippen LogP contribution in [-0.2, 0) is 13.1 Å². The van der Waals surface area contributed by atoms with E-state index in [4.69, 9.17) is 10.5 Å². The van der Waals surface area contributed by atoms with Crippen LogP contribution < -0.4 is 10.5 Å². The van der Waals surface area contributed by atoms with E-state index in [0.717, 1.165) is 16.8 Å². The molecule has 0 amide bonds. The maximum Gasteiger partial charge on any atom is 0.182 e. The van der Waals surface area contributed by atoms with E-state index < -0.39 is 0 Å². The van der Waals surface area contributed by atoms with E-state index >= 15 is 0 Å². The van der Waals surface area contributed by atoms with E-state index in [0.29, 0.717) is 11.4 Å². The summed E-state index contributed by atoms with van der Waals surface area (Å²) >= 11 is 0. The topological polar surface area (TPSA) is 70.1 Å². The first kappa shape index (κ1) is 14.3. The van der Waals surface area contributed by atoms with Gasteiger partial charge in [-0.2, -0.15) is 0 Å². The molecule has 0 atom stereocenters. The first-order valence-electron chi connectivity index (χ1n) is 7.04. The zero-order valence-corrected chi connectivity index (χ0v) is 12.3. The van der Waals surface area contributed by atoms with Crippen LogP contribution in [0.5, 0.6) is 5.75 Å². The number of benzene rings is 2. The summed E-state index contributed by atoms with van der Waals surface area (Å²) < 4.78 is 7.07. The van der Waals surface area contributed by atoms with Gasteiger partial charge in [-0.15, -0.1) is 0 Å². The predicted octanol–water partition coefficient (Wildman–Crippen LogP) is 2.39. The summed E-state index contributed by atoms with van der Waals surface area (Å²) in [5.41, 5.74) is 8.11. The molecule has 0 saturated heterocycles. The number of nitrogens with zero attached hydrogens (tertiary/aromatic N) is 2. The Morgan fingerprint density at radius 3 is 2.68 bits per heavy atom. The number of rotatable bonds is 5. The zero-order valence-electron chi connectivity index (χ0n) is 12.3. The molecule has 1 heterocycles. The summed E-state index contributed by atoms with van der Waals surface area (Å²) in [6.45, 7) is 0.498. The van der Waals surface area contributed by atoms with Gasteiger partial charge in [0, 0.05) is 11.6 Å². The Balaban J connectivity index is 2.00. The molecule has 5 heteroatoms. The van der Waals surface area contributed by atoms with Gasteiger partial charge in [-0.3, -0.25) is 4.79 Å². The summed E-state index contributed by atoms with van der Waals surface area (Å²) in [7, 11) is 1.61. The molecule has 112 valence electrons. The van der Waals surface area contributed by atoms with Gasteiger partial charge in [0.2, 0.25) is 0 Å². The monoisotopic (exact) mass is 295 g/mol. The van der Waals surface area contributed by atoms with Crippen LogP contribution in [0.4, 0.5) is 0 Å². The lowest BCUT2D eigenvalue weighted by atomic mass is 10.1. The SMILES string of the molecule is COc1ccc2c(c1)nc(CN)n2CC(=O)c1ccccc1. The van der Waals surface area contributed by atoms with Gasteiger partial charge in [0.05, 0.1) is 31.2 Å². The van der Waals surface area contributed by atoms with Gasteiger partial charge in [-0.1, -0.05) is 30.3 Å². The molecule has 22 heavy (non-hydrogen) atoms. The lowest BCUT2D eigenvalue weighted by Crippen LogP contribution is -2.15. The number of hydrogen-bond acceptors (Lipinski definition) is 4. The van der Waals surface area contributed by atoms with Gasteiger partial charge in [0.1, 0.15) is 11.6 Å². The normalized spacial score (nSPS) is 10.8. The van der Waals surface area contributed by atoms with Crippen molar-refractivity contribution in [1.82, 2.24) is 9.55 Å². The van der Waals surface area contributed by atoms with Crippen LogP contribution in [0.2, 0.25) is 0 Å². The van der Waals surface area contributed by atoms with Gasteiger partial charge >= 0.3 is 0 Å². The largest absolute Gasteiger partial charge is 0.497 e. The number of imidazole rings is 1. The van der Waals surface area contributed by atoms with Crippen molar-refractivity contribution in [2.45, 2.75) is 13.1 Å². The summed E-state index contributed by atoms with van der Waals surface area (Å²) in [6.07, 6.45) is 0. The Hall–Kier alpha value is -2.66. The van der Waals surface area contributed by atoms with Crippen molar-refractivity contribution in [2.75, 3.05) is 7.11 Å². The third kappa shape index (κ3) is 2.58. The standard InChI is InChI=1S/C17H17N3O2/c1-22-13-7-8-15-14(9-13)19-17(10-18)20(15)11-16(21)12-5-3-2-4-6-12/h2-9H,10-11,18H2,1H3. The highest BCUT2D eigenvalue weighted by Gasteiger charge is 2.14. The smallest absolute Gasteiger partial charge is 0.182 e. The van der Waals surface area contributed by atoms with Crippen molar-refractivity contribution in [3.63, 3.8) is 0 Å². The Morgan fingerprint density at radius 1 is 1.23 bits per heavy atom. The summed E-state index contributed by atoms with van der Waals surface area (Å²) in [4.78, 5) is 16.9. The van der Waals surface area contributed by atoms with Crippen LogP contribution in [-0.4, -0.2) is 22.4 Å². The Labute approximate surface area is 128 Å². The molecule has 0 bridgehead atoms. The minimum atomic E-state index is 0.0328. The van der Waals surface area contributed by atoms with Crippen molar-refractivity contribution >= 4 is 16.8 Å². The minimum Gasteiger partial charge on any atom is -0.497 e. The van der Waals surface area contributed by atoms with Gasteiger partial charge < -0.3 is 15.0 Å². The first-order valence-corrected chi connectivity index (χ1v) is 7.04. The van der Waals surface area contributed by atoms with Gasteiger partial charge in [-0.25, -0.2) is 4.98 Å². The van der Waals surface area contributed by atoms with E-state index in [1.54, 1.807) is 7.11 Å². The van der Waals surface area contributed by atoms with Crippen LogP contribution >= 0.6 is 0 Å². The number of methoxy groups -OCH3 is 1. The fourth-order valence-electron chi connectivity index (χ4n) is 2.48. The van der Waals surface area contributed by atoms with Gasteiger partial charge in [0.25, 0.3) is 0 Å². The van der Waals surface area contributed by atoms with Crippen molar-refractivity contribution < 1.29 is 9.53 Å². The fraction of sp³-hybridized carbons (Fsp3) is 0.176. The number of carbonyl (C=O) groups excluding carboxylic acids is 1. The molecule has 2 aromatic carbocycles. The van der Waals surface area contributed by atoms with Crippen molar-refractivity contribution in [2.24, 2.45) is 5.73 Å². The molecule has 0 fully saturated rings. The number of nitrogens with two attached hydrogens (primary N) is 1. The van der Waals surface area contributed by atoms with Crippen LogP contribution in [0.15, 0.2) is 48.5 Å². The van der Waals surface area contributed by atoms with E-state index in [9.17, 15) is 4.79 Å². The highest BCUT2D eigenvalue weighted by atomic mass is 16.5. The van der Waals surface area contributed by atoms with Crippen LogP contribution in [0.1, 0.15) is 16.2 Å². The average molecular weight is 295 g/mol. The van der Waals surface area contributed by atoms with Crippen LogP contribution in [0.3, 0.4) is 0 Å². The Bertz CT molecular complexity index is 809. The molecule has 0 spiro atoms. The summed E-state index contributed by atoms with van der Waals surface area (Å²) in [6, 6.07) is 14.8. The lowest BCUT2D eigenvalue weighted by molar-refractivity contribution is 0.0972. The number of Topliss-reactive ketones (excluding diaryl/α,β-unsaturated/α-hetero) is 1. The molecule has 0 aliphatic rings. The second-order valence-corrected chi connectivity index (χ2v) is 4.96. The highest BCUT2D eigenvalue weighted by Crippen LogP contribution is 2.22. The number of aromatic nitrogens is 2. The molecule has 0 aliphatic carbocycles. The maximum atomic E-state index is 12.4. The van der Waals surface area contributed by atoms with Crippen molar-refractivity contribution in [1.29, 1.82) is 0 Å². The molecule has 0 unspecified atom stereocenters. The van der Waals surface area contributed by atoms with Crippen LogP contribution in [0.25, 0.3) is 11.0 Å². The molecular formula is C17H17N3O2. The molecule has 0 aliphatic heterocycles. The van der Waals surface area contributed by atoms with E-state index in [1.807, 2.05) is 53.1 Å². The zero-order chi connectivity index (χ0) is 15.5. The number of fused-ring (bicyclic) bond motifs is 1. The predicted molar refractivity (Wildman–Crippen MR) is 84.9 cm³/mol. The maximum absolute atomic E-state index is 12.4. The second-order valence-electron chi connectivity index (χ2n) is 4.96. The highest BCUT2D eigenvalue weighted by molar-refractivity contribution is 5.96. The van der Waals surface area contributed by atoms with E-state index in [1.165, 1.54) is 0 Å². The third-order valence-electron chi connectivity index (χ3n) is 3.61. The Morgan fingerprint density at radius 2 is 2.00 bits per heavy atom. The van der Waals surface area contributed by atoms with Crippen LogP contribution in [0, 0.1) is 0 Å². The molecule has 3 aromatic rings. The van der Waals surface area contributed by atoms with Gasteiger partial charge in [0.15, 0.2) is 5.78 Å². The number of ketones is 1. The summed E-state index contributed by atoms with van der Waals surface area (Å²) in [5, 5.41) is 0.